The van der Waals surface area contributed by atoms with Gasteiger partial charge >= 0.3 is 47.9 Å². The van der Waals surface area contributed by atoms with Crippen LogP contribution in [-0.2, 0) is 19.7 Å². The van der Waals surface area contributed by atoms with E-state index in [0.29, 0.717) is 0 Å². The van der Waals surface area contributed by atoms with E-state index in [1.807, 2.05) is 0 Å². The molecule has 1 atom stereocenters. The largest absolute Gasteiger partial charge is 0.460 e. The summed E-state index contributed by atoms with van der Waals surface area (Å²) in [6.45, 7) is 0. The van der Waals surface area contributed by atoms with Crippen molar-refractivity contribution in [3.05, 3.63) is 0 Å². The van der Waals surface area contributed by atoms with Gasteiger partial charge in [-0.3, -0.25) is 14.1 Å². The van der Waals surface area contributed by atoms with Crippen LogP contribution in [0.3, 0.4) is 0 Å². The highest BCUT2D eigenvalue weighted by Gasteiger charge is 2.82. The number of carbonyl (C=O) groups excluding carboxylic acids is 2. The van der Waals surface area contributed by atoms with E-state index in [4.69, 9.17) is 4.55 Å². The lowest BCUT2D eigenvalue weighted by Crippen LogP contribution is -2.61. The fourth-order valence-corrected chi connectivity index (χ4v) is 3.41. The lowest BCUT2D eigenvalue weighted by atomic mass is 9.95. The number of ketones is 2. The van der Waals surface area contributed by atoms with Crippen LogP contribution in [0.5, 0.6) is 0 Å². The first kappa shape index (κ1) is 38.0. The second-order valence-electron chi connectivity index (χ2n) is 7.91. The number of carbonyl (C=O) groups is 2. The minimum absolute atomic E-state index is 2.23. The lowest BCUT2D eigenvalue weighted by Gasteiger charge is -2.33. The summed E-state index contributed by atoms with van der Waals surface area (Å²) >= 11 is 0. The van der Waals surface area contributed by atoms with Crippen molar-refractivity contribution in [2.45, 2.75) is 85.2 Å². The molecule has 0 heterocycles. The van der Waals surface area contributed by atoms with E-state index in [1.54, 1.807) is 0 Å². The molecule has 0 radical (unpaired) electrons. The molecule has 0 aromatic heterocycles. The van der Waals surface area contributed by atoms with Gasteiger partial charge in [0.15, 0.2) is 11.0 Å². The maximum atomic E-state index is 13.5. The Bertz CT molecular complexity index is 1040. The third-order valence-corrected chi connectivity index (χ3v) is 6.10. The summed E-state index contributed by atoms with van der Waals surface area (Å²) in [5, 5.41) is -3.46. The Labute approximate surface area is 209 Å². The highest BCUT2D eigenvalue weighted by Crippen LogP contribution is 2.55. The average molecular weight is 658 g/mol. The molecule has 0 amide bonds. The molecule has 40 heavy (non-hydrogen) atoms. The van der Waals surface area contributed by atoms with Crippen LogP contribution in [0.25, 0.3) is 0 Å². The van der Waals surface area contributed by atoms with Crippen LogP contribution in [-0.4, -0.2) is 77.7 Å². The van der Waals surface area contributed by atoms with Gasteiger partial charge in [-0.1, -0.05) is 0 Å². The minimum Gasteiger partial charge on any atom is -0.300 e. The molecule has 5 nitrogen and oxygen atoms in total. The number of Topliss-reactive ketones (excluding diaryl/α,β-unsaturated/α-hetero) is 2. The minimum atomic E-state index is -7.43. The normalized spacial score (nSPS) is 16.2. The second-order valence-corrected chi connectivity index (χ2v) is 9.51. The number of hydrogen-bond donors (Lipinski definition) is 1. The van der Waals surface area contributed by atoms with E-state index in [2.05, 4.69) is 0 Å². The van der Waals surface area contributed by atoms with Crippen molar-refractivity contribution in [3.8, 4) is 0 Å². The first-order valence-corrected chi connectivity index (χ1v) is 11.0. The van der Waals surface area contributed by atoms with E-state index in [9.17, 15) is 97.0 Å². The smallest absolute Gasteiger partial charge is 0.300 e. The zero-order valence-electron chi connectivity index (χ0n) is 18.4. The summed E-state index contributed by atoms with van der Waals surface area (Å²) in [6.07, 6.45) is -27.4. The van der Waals surface area contributed by atoms with Gasteiger partial charge in [-0.25, -0.2) is 0 Å². The molecular formula is C16H12F18O5S. The predicted molar refractivity (Wildman–Crippen MR) is 90.2 cm³/mol. The molecule has 0 fully saturated rings. The molecule has 0 saturated heterocycles. The van der Waals surface area contributed by atoms with Crippen molar-refractivity contribution in [3.63, 3.8) is 0 Å². The Balaban J connectivity index is 5.75. The quantitative estimate of drug-likeness (QED) is 0.176. The van der Waals surface area contributed by atoms with Gasteiger partial charge in [0.25, 0.3) is 10.1 Å². The summed E-state index contributed by atoms with van der Waals surface area (Å²) in [4.78, 5) is 23.4. The maximum absolute atomic E-state index is 13.5. The molecule has 0 aromatic rings. The van der Waals surface area contributed by atoms with E-state index >= 15 is 0 Å². The van der Waals surface area contributed by atoms with Gasteiger partial charge in [0.1, 0.15) is 5.78 Å². The van der Waals surface area contributed by atoms with Crippen LogP contribution < -0.4 is 0 Å². The summed E-state index contributed by atoms with van der Waals surface area (Å²) in [7, 11) is -6.07. The number of halogens is 18. The third-order valence-electron chi connectivity index (χ3n) is 4.95. The predicted octanol–water partition coefficient (Wildman–Crippen LogP) is 6.27. The molecule has 0 aliphatic rings. The molecule has 0 aliphatic heterocycles. The molecule has 24 heteroatoms. The summed E-state index contributed by atoms with van der Waals surface area (Å²) in [5.41, 5.74) is 0. The molecule has 1 unspecified atom stereocenters. The monoisotopic (exact) mass is 658 g/mol. The Morgan fingerprint density at radius 1 is 0.550 bits per heavy atom. The van der Waals surface area contributed by atoms with E-state index in [0.717, 1.165) is 0 Å². The Kier molecular flexibility index (Phi) is 10.4. The van der Waals surface area contributed by atoms with Crippen LogP contribution in [0, 0.1) is 0 Å². The highest BCUT2D eigenvalue weighted by molar-refractivity contribution is 7.87. The van der Waals surface area contributed by atoms with Crippen molar-refractivity contribution in [2.75, 3.05) is 0 Å². The molecule has 238 valence electrons. The zero-order valence-corrected chi connectivity index (χ0v) is 19.2. The number of rotatable bonds is 14. The summed E-state index contributed by atoms with van der Waals surface area (Å²) < 4.78 is 262. The number of alkyl halides is 18. The van der Waals surface area contributed by atoms with Crippen LogP contribution in [0.2, 0.25) is 0 Å². The van der Waals surface area contributed by atoms with Crippen molar-refractivity contribution >= 4 is 21.7 Å². The standard InChI is InChI=1S/C16H12F18O5S/c17-9(18,11(21,22)13(25,26)15(29,30)31)3-1-6(35)5-8(40(37,38)39)7(36)2-4-10(19,20)12(23,24)14(27,28)16(32,33)34/h8H,1-5H2,(H,37,38,39). The topological polar surface area (TPSA) is 88.5 Å². The van der Waals surface area contributed by atoms with Gasteiger partial charge in [-0.15, -0.1) is 0 Å². The first-order valence-electron chi connectivity index (χ1n) is 9.53. The van der Waals surface area contributed by atoms with Gasteiger partial charge in [0.05, 0.1) is 0 Å². The Hall–Kier alpha value is -2.01. The highest BCUT2D eigenvalue weighted by atomic mass is 32.2. The Morgan fingerprint density at radius 2 is 0.850 bits per heavy atom. The lowest BCUT2D eigenvalue weighted by molar-refractivity contribution is -0.396. The molecule has 0 saturated carbocycles. The fourth-order valence-electron chi connectivity index (χ4n) is 2.56. The van der Waals surface area contributed by atoms with E-state index < -0.39 is 107 Å². The average Bonchev–Trinajstić information content (AvgIpc) is 2.71. The molecule has 1 N–H and O–H groups in total. The second kappa shape index (κ2) is 11.0. The summed E-state index contributed by atoms with van der Waals surface area (Å²) in [5.74, 6) is -46.9. The summed E-state index contributed by atoms with van der Waals surface area (Å²) in [6, 6.07) is 0. The number of hydrogen-bond acceptors (Lipinski definition) is 4. The van der Waals surface area contributed by atoms with Crippen molar-refractivity contribution in [2.24, 2.45) is 0 Å². The van der Waals surface area contributed by atoms with Crippen molar-refractivity contribution in [1.29, 1.82) is 0 Å². The molecular weight excluding hydrogens is 646 g/mol. The Morgan fingerprint density at radius 3 is 1.12 bits per heavy atom. The van der Waals surface area contributed by atoms with Crippen LogP contribution in [0.1, 0.15) is 32.1 Å². The van der Waals surface area contributed by atoms with Gasteiger partial charge in [0.2, 0.25) is 0 Å². The van der Waals surface area contributed by atoms with E-state index in [-0.39, 0.29) is 0 Å². The van der Waals surface area contributed by atoms with Crippen LogP contribution >= 0.6 is 0 Å². The van der Waals surface area contributed by atoms with Gasteiger partial charge < -0.3 is 0 Å². The van der Waals surface area contributed by atoms with Gasteiger partial charge in [-0.05, 0) is 0 Å². The van der Waals surface area contributed by atoms with Crippen LogP contribution in [0.4, 0.5) is 79.0 Å². The fraction of sp³-hybridized carbons (Fsp3) is 0.875. The van der Waals surface area contributed by atoms with E-state index in [1.165, 1.54) is 0 Å². The van der Waals surface area contributed by atoms with Crippen molar-refractivity contribution in [1.82, 2.24) is 0 Å². The van der Waals surface area contributed by atoms with Crippen molar-refractivity contribution < 1.29 is 102 Å². The molecule has 0 aromatic carbocycles. The molecule has 0 bridgehead atoms. The maximum Gasteiger partial charge on any atom is 0.460 e. The zero-order chi connectivity index (χ0) is 32.8. The first-order chi connectivity index (χ1) is 17.1. The SMILES string of the molecule is O=C(CCC(F)(F)C(F)(F)C(F)(F)C(F)(F)F)CC(C(=O)CCC(F)(F)C(F)(F)C(F)(F)C(F)(F)F)S(=O)(=O)O. The van der Waals surface area contributed by atoms with Crippen LogP contribution in [0.15, 0.2) is 0 Å². The molecule has 0 rings (SSSR count). The molecule has 0 aliphatic carbocycles. The van der Waals surface area contributed by atoms with Gasteiger partial charge in [0, 0.05) is 32.1 Å². The molecule has 0 spiro atoms. The van der Waals surface area contributed by atoms with Gasteiger partial charge in [-0.2, -0.15) is 87.4 Å². The third kappa shape index (κ3) is 7.24.